The summed E-state index contributed by atoms with van der Waals surface area (Å²) >= 11 is 6.13. The van der Waals surface area contributed by atoms with Crippen LogP contribution in [0.3, 0.4) is 0 Å². The van der Waals surface area contributed by atoms with Crippen molar-refractivity contribution in [1.82, 2.24) is 4.90 Å². The van der Waals surface area contributed by atoms with Crippen molar-refractivity contribution < 1.29 is 24.4 Å². The zero-order valence-corrected chi connectivity index (χ0v) is 14.9. The predicted molar refractivity (Wildman–Crippen MR) is 92.2 cm³/mol. The van der Waals surface area contributed by atoms with Gasteiger partial charge in [0.15, 0.2) is 0 Å². The Hall–Kier alpha value is -2.81. The molecule has 0 saturated heterocycles. The van der Waals surface area contributed by atoms with Gasteiger partial charge in [0.1, 0.15) is 10.9 Å². The lowest BCUT2D eigenvalue weighted by atomic mass is 9.86. The van der Waals surface area contributed by atoms with Crippen LogP contribution in [0.4, 0.5) is 10.5 Å². The van der Waals surface area contributed by atoms with Gasteiger partial charge in [0, 0.05) is 23.3 Å². The van der Waals surface area contributed by atoms with Gasteiger partial charge in [-0.2, -0.15) is 0 Å². The Kier molecular flexibility index (Phi) is 5.41. The third kappa shape index (κ3) is 3.30. The minimum atomic E-state index is -1.37. The summed E-state index contributed by atoms with van der Waals surface area (Å²) in [5, 5.41) is 20.5. The van der Waals surface area contributed by atoms with E-state index in [0.717, 1.165) is 11.0 Å². The van der Waals surface area contributed by atoms with Gasteiger partial charge < -0.3 is 5.11 Å². The van der Waals surface area contributed by atoms with Crippen molar-refractivity contribution in [2.45, 2.75) is 26.8 Å². The van der Waals surface area contributed by atoms with Crippen LogP contribution in [0.1, 0.15) is 32.4 Å². The molecule has 2 unspecified atom stereocenters. The number of carboxylic acid groups (broad SMARTS) is 1. The van der Waals surface area contributed by atoms with Crippen molar-refractivity contribution in [3.63, 3.8) is 0 Å². The summed E-state index contributed by atoms with van der Waals surface area (Å²) in [6.45, 7) is 4.44. The maximum Gasteiger partial charge on any atom is 0.350 e. The molecule has 1 aliphatic rings. The van der Waals surface area contributed by atoms with Gasteiger partial charge in [-0.15, -0.1) is 0 Å². The van der Waals surface area contributed by atoms with E-state index in [1.54, 1.807) is 13.8 Å². The summed E-state index contributed by atoms with van der Waals surface area (Å²) < 4.78 is 0. The third-order valence-electron chi connectivity index (χ3n) is 4.04. The second-order valence-corrected chi connectivity index (χ2v) is 6.47. The third-order valence-corrected chi connectivity index (χ3v) is 4.45. The molecule has 0 radical (unpaired) electrons. The van der Waals surface area contributed by atoms with Crippen molar-refractivity contribution in [2.24, 2.45) is 16.8 Å². The number of aliphatic carboxylic acids is 1. The Morgan fingerprint density at radius 3 is 2.50 bits per heavy atom. The Bertz CT molecular complexity index is 835. The first-order chi connectivity index (χ1) is 12.1. The summed E-state index contributed by atoms with van der Waals surface area (Å²) in [6.07, 6.45) is 0. The minimum absolute atomic E-state index is 0.00451. The molecule has 10 heteroatoms. The van der Waals surface area contributed by atoms with E-state index < -0.39 is 46.4 Å². The van der Waals surface area contributed by atoms with E-state index in [9.17, 15) is 29.6 Å². The molecule has 2 rings (SSSR count). The molecular weight excluding hydrogens is 366 g/mol. The van der Waals surface area contributed by atoms with Crippen LogP contribution in [-0.2, 0) is 9.59 Å². The SMILES string of the molecule is CC1=NC(=O)N(C(=O)C(C)C)C(c2cccc([N+](=O)[O-])c2Cl)C1C(=O)O. The lowest BCUT2D eigenvalue weighted by Crippen LogP contribution is -2.50. The second-order valence-electron chi connectivity index (χ2n) is 6.10. The highest BCUT2D eigenvalue weighted by molar-refractivity contribution is 6.33. The standard InChI is InChI=1S/C16H16ClN3O6/c1-7(2)14(21)19-13(11(15(22)23)8(3)18-16(19)24)9-5-4-6-10(12(9)17)20(25)26/h4-7,11,13H,1-3H3,(H,22,23). The number of carboxylic acids is 1. The molecular formula is C16H16ClN3O6. The summed E-state index contributed by atoms with van der Waals surface area (Å²) in [6, 6.07) is 1.58. The average Bonchev–Trinajstić information content (AvgIpc) is 2.53. The molecule has 3 amide bonds. The number of hydrogen-bond donors (Lipinski definition) is 1. The number of amides is 3. The lowest BCUT2D eigenvalue weighted by molar-refractivity contribution is -0.384. The molecule has 0 aromatic heterocycles. The lowest BCUT2D eigenvalue weighted by Gasteiger charge is -2.37. The first-order valence-corrected chi connectivity index (χ1v) is 8.03. The van der Waals surface area contributed by atoms with Crippen LogP contribution in [-0.4, -0.2) is 38.5 Å². The van der Waals surface area contributed by atoms with Crippen LogP contribution in [0.2, 0.25) is 5.02 Å². The van der Waals surface area contributed by atoms with Crippen LogP contribution in [0, 0.1) is 22.0 Å². The summed E-state index contributed by atoms with van der Waals surface area (Å²) in [7, 11) is 0. The molecule has 0 aliphatic carbocycles. The van der Waals surface area contributed by atoms with E-state index >= 15 is 0 Å². The van der Waals surface area contributed by atoms with E-state index in [0.29, 0.717) is 0 Å². The quantitative estimate of drug-likeness (QED) is 0.629. The summed E-state index contributed by atoms with van der Waals surface area (Å²) in [4.78, 5) is 51.6. The Balaban J connectivity index is 2.77. The van der Waals surface area contributed by atoms with Gasteiger partial charge in [-0.1, -0.05) is 37.6 Å². The van der Waals surface area contributed by atoms with Crippen molar-refractivity contribution in [1.29, 1.82) is 0 Å². The number of urea groups is 1. The van der Waals surface area contributed by atoms with Crippen molar-refractivity contribution in [2.75, 3.05) is 0 Å². The fourth-order valence-electron chi connectivity index (χ4n) is 2.82. The number of halogens is 1. The maximum atomic E-state index is 12.6. The van der Waals surface area contributed by atoms with Gasteiger partial charge in [0.25, 0.3) is 5.69 Å². The molecule has 26 heavy (non-hydrogen) atoms. The van der Waals surface area contributed by atoms with Gasteiger partial charge in [-0.25, -0.2) is 9.79 Å². The number of carbonyl (C=O) groups is 3. The molecule has 1 aromatic carbocycles. The number of imide groups is 1. The fraction of sp³-hybridized carbons (Fsp3) is 0.375. The molecule has 9 nitrogen and oxygen atoms in total. The summed E-state index contributed by atoms with van der Waals surface area (Å²) in [5.74, 6) is -3.96. The number of hydrogen-bond acceptors (Lipinski definition) is 5. The van der Waals surface area contributed by atoms with Crippen LogP contribution in [0.15, 0.2) is 23.2 Å². The molecule has 2 atom stereocenters. The zero-order chi connectivity index (χ0) is 19.8. The first kappa shape index (κ1) is 19.5. The topological polar surface area (TPSA) is 130 Å². The molecule has 138 valence electrons. The number of nitro benzene ring substituents is 1. The normalized spacial score (nSPS) is 20.1. The molecule has 0 bridgehead atoms. The van der Waals surface area contributed by atoms with Crippen LogP contribution in [0.25, 0.3) is 0 Å². The van der Waals surface area contributed by atoms with Crippen LogP contribution >= 0.6 is 11.6 Å². The maximum absolute atomic E-state index is 12.6. The Morgan fingerprint density at radius 1 is 1.38 bits per heavy atom. The second kappa shape index (κ2) is 7.20. The molecule has 0 spiro atoms. The highest BCUT2D eigenvalue weighted by atomic mass is 35.5. The molecule has 1 heterocycles. The highest BCUT2D eigenvalue weighted by Crippen LogP contribution is 2.41. The largest absolute Gasteiger partial charge is 0.481 e. The van der Waals surface area contributed by atoms with Crippen LogP contribution < -0.4 is 0 Å². The van der Waals surface area contributed by atoms with Crippen LogP contribution in [0.5, 0.6) is 0 Å². The fourth-order valence-corrected chi connectivity index (χ4v) is 3.13. The number of nitro groups is 1. The van der Waals surface area contributed by atoms with Gasteiger partial charge in [0.2, 0.25) is 5.91 Å². The van der Waals surface area contributed by atoms with E-state index in [1.807, 2.05) is 0 Å². The number of aliphatic imine (C=N–C) groups is 1. The molecule has 0 fully saturated rings. The highest BCUT2D eigenvalue weighted by Gasteiger charge is 2.46. The Labute approximate surface area is 153 Å². The Morgan fingerprint density at radius 2 is 2.00 bits per heavy atom. The van der Waals surface area contributed by atoms with E-state index in [2.05, 4.69) is 4.99 Å². The predicted octanol–water partition coefficient (Wildman–Crippen LogP) is 3.07. The number of carbonyl (C=O) groups excluding carboxylic acids is 2. The molecule has 0 saturated carbocycles. The summed E-state index contributed by atoms with van der Waals surface area (Å²) in [5.41, 5.74) is -0.453. The number of nitrogens with zero attached hydrogens (tertiary/aromatic N) is 3. The van der Waals surface area contributed by atoms with Gasteiger partial charge in [-0.05, 0) is 6.92 Å². The first-order valence-electron chi connectivity index (χ1n) is 7.65. The van der Waals surface area contributed by atoms with E-state index in [4.69, 9.17) is 11.6 Å². The monoisotopic (exact) mass is 381 g/mol. The van der Waals surface area contributed by atoms with Crippen molar-refractivity contribution >= 4 is 40.9 Å². The number of rotatable bonds is 4. The van der Waals surface area contributed by atoms with Gasteiger partial charge >= 0.3 is 12.0 Å². The van der Waals surface area contributed by atoms with Gasteiger partial charge in [0.05, 0.1) is 11.0 Å². The van der Waals surface area contributed by atoms with E-state index in [-0.39, 0.29) is 16.3 Å². The molecule has 1 N–H and O–H groups in total. The van der Waals surface area contributed by atoms with E-state index in [1.165, 1.54) is 19.1 Å². The average molecular weight is 382 g/mol. The number of benzene rings is 1. The van der Waals surface area contributed by atoms with Gasteiger partial charge in [-0.3, -0.25) is 24.6 Å². The van der Waals surface area contributed by atoms with Crippen molar-refractivity contribution in [3.05, 3.63) is 38.9 Å². The smallest absolute Gasteiger partial charge is 0.350 e. The zero-order valence-electron chi connectivity index (χ0n) is 14.2. The van der Waals surface area contributed by atoms with Crippen molar-refractivity contribution in [3.8, 4) is 0 Å². The minimum Gasteiger partial charge on any atom is -0.481 e. The molecule has 1 aliphatic heterocycles. The molecule has 1 aromatic rings.